The number of fused-ring (bicyclic) bond motifs is 1. The van der Waals surface area contributed by atoms with E-state index in [1.165, 1.54) is 18.4 Å². The van der Waals surface area contributed by atoms with E-state index in [1.54, 1.807) is 24.5 Å². The summed E-state index contributed by atoms with van der Waals surface area (Å²) in [6, 6.07) is 6.40. The Bertz CT molecular complexity index is 861. The van der Waals surface area contributed by atoms with Crippen molar-refractivity contribution in [2.24, 2.45) is 0 Å². The summed E-state index contributed by atoms with van der Waals surface area (Å²) >= 11 is 0. The Hall–Kier alpha value is -2.48. The van der Waals surface area contributed by atoms with Gasteiger partial charge in [-0.05, 0) is 24.3 Å². The predicted octanol–water partition coefficient (Wildman–Crippen LogP) is 1.75. The van der Waals surface area contributed by atoms with Gasteiger partial charge in [-0.3, -0.25) is 5.10 Å². The first kappa shape index (κ1) is 12.5. The average Bonchev–Trinajstić information content (AvgIpc) is 2.86. The standard InChI is InChI=1S/C12H11N5O2S.H2/c1-20(18,19)10-4-2-9(3-5-10)15-12-13-6-8-7-14-17-11(8)16-12;/h2-7H,1H3,(H2,13,14,15,16,17);1H. The van der Waals surface area contributed by atoms with Crippen LogP contribution in [0.2, 0.25) is 0 Å². The molecule has 7 nitrogen and oxygen atoms in total. The normalized spacial score (nSPS) is 11.7. The van der Waals surface area contributed by atoms with Gasteiger partial charge in [-0.15, -0.1) is 0 Å². The Morgan fingerprint density at radius 1 is 1.20 bits per heavy atom. The maximum atomic E-state index is 11.4. The molecule has 0 aliphatic rings. The van der Waals surface area contributed by atoms with E-state index in [9.17, 15) is 8.42 Å². The molecular weight excluding hydrogens is 278 g/mol. The minimum atomic E-state index is -3.19. The van der Waals surface area contributed by atoms with Gasteiger partial charge in [0.2, 0.25) is 5.95 Å². The van der Waals surface area contributed by atoms with E-state index in [1.807, 2.05) is 0 Å². The fraction of sp³-hybridized carbons (Fsp3) is 0.0833. The largest absolute Gasteiger partial charge is 0.324 e. The van der Waals surface area contributed by atoms with Gasteiger partial charge < -0.3 is 5.32 Å². The first-order chi connectivity index (χ1) is 9.52. The lowest BCUT2D eigenvalue weighted by molar-refractivity contribution is 0.602. The number of hydrogen-bond acceptors (Lipinski definition) is 6. The van der Waals surface area contributed by atoms with Crippen LogP contribution in [0.4, 0.5) is 11.6 Å². The molecule has 8 heteroatoms. The molecule has 0 radical (unpaired) electrons. The zero-order chi connectivity index (χ0) is 14.2. The maximum Gasteiger partial charge on any atom is 0.229 e. The Kier molecular flexibility index (Phi) is 2.87. The van der Waals surface area contributed by atoms with Gasteiger partial charge in [0.1, 0.15) is 0 Å². The lowest BCUT2D eigenvalue weighted by Crippen LogP contribution is -1.99. The SMILES string of the molecule is CS(=O)(=O)c1ccc(Nc2ncc3cn[nH]c3n2)cc1.[HH]. The molecule has 2 aromatic heterocycles. The van der Waals surface area contributed by atoms with Gasteiger partial charge in [-0.25, -0.2) is 13.4 Å². The molecular formula is C12H13N5O2S. The minimum absolute atomic E-state index is 0. The van der Waals surface area contributed by atoms with Crippen molar-refractivity contribution < 1.29 is 9.84 Å². The summed E-state index contributed by atoms with van der Waals surface area (Å²) in [6.45, 7) is 0. The molecule has 0 bridgehead atoms. The van der Waals surface area contributed by atoms with Crippen molar-refractivity contribution in [3.63, 3.8) is 0 Å². The van der Waals surface area contributed by atoms with Gasteiger partial charge in [-0.2, -0.15) is 10.1 Å². The molecule has 2 heterocycles. The van der Waals surface area contributed by atoms with Crippen LogP contribution in [0.5, 0.6) is 0 Å². The highest BCUT2D eigenvalue weighted by atomic mass is 32.2. The second-order valence-electron chi connectivity index (χ2n) is 4.29. The molecule has 0 spiro atoms. The Morgan fingerprint density at radius 2 is 1.95 bits per heavy atom. The molecule has 2 N–H and O–H groups in total. The molecule has 0 aliphatic carbocycles. The number of hydrogen-bond donors (Lipinski definition) is 2. The lowest BCUT2D eigenvalue weighted by Gasteiger charge is -2.05. The number of aromatic amines is 1. The molecule has 20 heavy (non-hydrogen) atoms. The third-order valence-electron chi connectivity index (χ3n) is 2.73. The molecule has 0 amide bonds. The highest BCUT2D eigenvalue weighted by Crippen LogP contribution is 2.17. The summed E-state index contributed by atoms with van der Waals surface area (Å²) in [5.74, 6) is 0.411. The summed E-state index contributed by atoms with van der Waals surface area (Å²) in [4.78, 5) is 8.66. The molecule has 1 aromatic carbocycles. The number of benzene rings is 1. The average molecular weight is 291 g/mol. The van der Waals surface area contributed by atoms with Crippen molar-refractivity contribution >= 4 is 32.5 Å². The maximum absolute atomic E-state index is 11.4. The third-order valence-corrected chi connectivity index (χ3v) is 3.86. The van der Waals surface area contributed by atoms with Crippen LogP contribution >= 0.6 is 0 Å². The van der Waals surface area contributed by atoms with Crippen LogP contribution in [0, 0.1) is 0 Å². The summed E-state index contributed by atoms with van der Waals surface area (Å²) in [5.41, 5.74) is 1.34. The predicted molar refractivity (Wildman–Crippen MR) is 76.6 cm³/mol. The number of anilines is 2. The van der Waals surface area contributed by atoms with Crippen LogP contribution in [0.25, 0.3) is 11.0 Å². The van der Waals surface area contributed by atoms with Gasteiger partial charge in [-0.1, -0.05) is 0 Å². The zero-order valence-electron chi connectivity index (χ0n) is 10.5. The smallest absolute Gasteiger partial charge is 0.229 e. The monoisotopic (exact) mass is 291 g/mol. The highest BCUT2D eigenvalue weighted by Gasteiger charge is 2.07. The Balaban J connectivity index is 0.00000161. The summed E-state index contributed by atoms with van der Waals surface area (Å²) in [6.07, 6.45) is 4.46. The highest BCUT2D eigenvalue weighted by molar-refractivity contribution is 7.90. The first-order valence-electron chi connectivity index (χ1n) is 5.76. The molecule has 104 valence electrons. The van der Waals surface area contributed by atoms with Gasteiger partial charge >= 0.3 is 0 Å². The summed E-state index contributed by atoms with van der Waals surface area (Å²) in [5, 5.41) is 10.4. The molecule has 0 fully saturated rings. The number of H-pyrrole nitrogens is 1. The number of aromatic nitrogens is 4. The van der Waals surface area contributed by atoms with Crippen molar-refractivity contribution in [2.45, 2.75) is 4.90 Å². The van der Waals surface area contributed by atoms with Crippen molar-refractivity contribution in [1.82, 2.24) is 20.2 Å². The van der Waals surface area contributed by atoms with E-state index in [0.29, 0.717) is 17.3 Å². The third kappa shape index (κ3) is 2.45. The molecule has 0 aliphatic heterocycles. The van der Waals surface area contributed by atoms with Crippen LogP contribution in [0.15, 0.2) is 41.6 Å². The molecule has 3 rings (SSSR count). The quantitative estimate of drug-likeness (QED) is 0.762. The van der Waals surface area contributed by atoms with Crippen LogP contribution in [0.3, 0.4) is 0 Å². The number of sulfone groups is 1. The van der Waals surface area contributed by atoms with E-state index in [2.05, 4.69) is 25.5 Å². The van der Waals surface area contributed by atoms with Gasteiger partial charge in [0.05, 0.1) is 16.5 Å². The minimum Gasteiger partial charge on any atom is -0.324 e. The van der Waals surface area contributed by atoms with Crippen LogP contribution < -0.4 is 5.32 Å². The topological polar surface area (TPSA) is 101 Å². The van der Waals surface area contributed by atoms with Crippen molar-refractivity contribution in [3.05, 3.63) is 36.7 Å². The second kappa shape index (κ2) is 4.57. The Labute approximate surface area is 116 Å². The number of nitrogens with one attached hydrogen (secondary N) is 2. The van der Waals surface area contributed by atoms with E-state index in [4.69, 9.17) is 0 Å². The summed E-state index contributed by atoms with van der Waals surface area (Å²) < 4.78 is 22.7. The van der Waals surface area contributed by atoms with Crippen molar-refractivity contribution in [2.75, 3.05) is 11.6 Å². The fourth-order valence-electron chi connectivity index (χ4n) is 1.71. The van der Waals surface area contributed by atoms with Gasteiger partial charge in [0, 0.05) is 19.6 Å². The van der Waals surface area contributed by atoms with Crippen LogP contribution in [-0.2, 0) is 9.84 Å². The fourth-order valence-corrected chi connectivity index (χ4v) is 2.34. The van der Waals surface area contributed by atoms with E-state index in [0.717, 1.165) is 5.39 Å². The second-order valence-corrected chi connectivity index (χ2v) is 6.30. The van der Waals surface area contributed by atoms with Crippen LogP contribution in [0.1, 0.15) is 1.43 Å². The van der Waals surface area contributed by atoms with E-state index in [-0.39, 0.29) is 6.32 Å². The molecule has 3 aromatic rings. The molecule has 0 unspecified atom stereocenters. The van der Waals surface area contributed by atoms with Gasteiger partial charge in [0.15, 0.2) is 15.5 Å². The first-order valence-corrected chi connectivity index (χ1v) is 7.65. The van der Waals surface area contributed by atoms with E-state index >= 15 is 0 Å². The van der Waals surface area contributed by atoms with Crippen LogP contribution in [-0.4, -0.2) is 34.8 Å². The van der Waals surface area contributed by atoms with Crippen molar-refractivity contribution in [3.8, 4) is 0 Å². The zero-order valence-corrected chi connectivity index (χ0v) is 11.3. The molecule has 0 saturated carbocycles. The van der Waals surface area contributed by atoms with Gasteiger partial charge in [0.25, 0.3) is 0 Å². The molecule has 0 atom stereocenters. The number of nitrogens with zero attached hydrogens (tertiary/aromatic N) is 3. The van der Waals surface area contributed by atoms with Crippen molar-refractivity contribution in [1.29, 1.82) is 0 Å². The van der Waals surface area contributed by atoms with E-state index < -0.39 is 9.84 Å². The summed E-state index contributed by atoms with van der Waals surface area (Å²) in [7, 11) is -3.19. The molecule has 0 saturated heterocycles. The number of rotatable bonds is 3. The lowest BCUT2D eigenvalue weighted by atomic mass is 10.3. The Morgan fingerprint density at radius 3 is 2.65 bits per heavy atom.